The van der Waals surface area contributed by atoms with Crippen molar-refractivity contribution >= 4 is 51.0 Å². The van der Waals surface area contributed by atoms with Crippen LogP contribution in [0, 0.1) is 0 Å². The number of hydrogen-bond donors (Lipinski definition) is 0. The molecule has 2 aromatic carbocycles. The summed E-state index contributed by atoms with van der Waals surface area (Å²) in [4.78, 5) is 2.62. The molecule has 0 amide bonds. The highest BCUT2D eigenvalue weighted by Crippen LogP contribution is 2.29. The summed E-state index contributed by atoms with van der Waals surface area (Å²) < 4.78 is 62.1. The minimum atomic E-state index is -3.61. The van der Waals surface area contributed by atoms with Gasteiger partial charge in [-0.1, -0.05) is 0 Å². The average molecular weight is 691 g/mol. The van der Waals surface area contributed by atoms with Crippen LogP contribution in [-0.4, -0.2) is 77.2 Å². The van der Waals surface area contributed by atoms with Gasteiger partial charge in [0.2, 0.25) is 9.84 Å². The number of rotatable bonds is 24. The first kappa shape index (κ1) is 38.5. The Labute approximate surface area is 270 Å². The van der Waals surface area contributed by atoms with Gasteiger partial charge in [0.05, 0.1) is 9.79 Å². The van der Waals surface area contributed by atoms with Crippen LogP contribution in [0.15, 0.2) is 68.1 Å². The van der Waals surface area contributed by atoms with Crippen molar-refractivity contribution in [1.82, 2.24) is 0 Å². The smallest absolute Gasteiger partial charge is 0.374 e. The van der Waals surface area contributed by atoms with Gasteiger partial charge in [0, 0.05) is 61.5 Å². The van der Waals surface area contributed by atoms with Gasteiger partial charge in [-0.15, -0.1) is 23.5 Å². The highest BCUT2D eigenvalue weighted by Gasteiger charge is 2.40. The van der Waals surface area contributed by atoms with Gasteiger partial charge in [-0.05, 0) is 114 Å². The maximum atomic E-state index is 13.3. The van der Waals surface area contributed by atoms with Crippen molar-refractivity contribution in [3.8, 4) is 0 Å². The van der Waals surface area contributed by atoms with Crippen LogP contribution in [0.3, 0.4) is 0 Å². The zero-order valence-electron chi connectivity index (χ0n) is 26.6. The molecule has 0 radical (unpaired) electrons. The third-order valence-corrected chi connectivity index (χ3v) is 16.5. The number of thioether (sulfide) groups is 2. The van der Waals surface area contributed by atoms with Crippen molar-refractivity contribution in [2.75, 3.05) is 51.1 Å². The highest BCUT2D eigenvalue weighted by molar-refractivity contribution is 7.99. The number of benzene rings is 2. The molecule has 43 heavy (non-hydrogen) atoms. The maximum Gasteiger partial charge on any atom is 0.500 e. The second kappa shape index (κ2) is 20.4. The summed E-state index contributed by atoms with van der Waals surface area (Å²) in [6, 6.07) is 15.7. The van der Waals surface area contributed by atoms with Crippen LogP contribution < -0.4 is 0 Å². The van der Waals surface area contributed by atoms with Crippen LogP contribution in [-0.2, 0) is 36.4 Å². The fourth-order valence-electron chi connectivity index (χ4n) is 4.53. The van der Waals surface area contributed by atoms with E-state index in [0.29, 0.717) is 39.6 Å². The summed E-state index contributed by atoms with van der Waals surface area (Å²) in [5.74, 6) is 1.72. The van der Waals surface area contributed by atoms with E-state index in [1.165, 1.54) is 0 Å². The Morgan fingerprint density at radius 1 is 0.512 bits per heavy atom. The first-order valence-corrected chi connectivity index (χ1v) is 22.6. The normalized spacial score (nSPS) is 12.6. The van der Waals surface area contributed by atoms with Crippen molar-refractivity contribution in [3.05, 3.63) is 48.5 Å². The Hall–Kier alpha value is -0.716. The molecule has 0 aliphatic heterocycles. The van der Waals surface area contributed by atoms with Crippen LogP contribution in [0.1, 0.15) is 54.4 Å². The molecule has 0 saturated heterocycles. The molecule has 0 N–H and O–H groups in total. The summed E-state index contributed by atoms with van der Waals surface area (Å²) in [5, 5.41) is 0. The third kappa shape index (κ3) is 12.5. The van der Waals surface area contributed by atoms with Gasteiger partial charge in [0.15, 0.2) is 0 Å². The molecule has 0 aliphatic rings. The summed E-state index contributed by atoms with van der Waals surface area (Å²) in [7, 11) is -8.89. The Bertz CT molecular complexity index is 1020. The van der Waals surface area contributed by atoms with E-state index in [1.54, 1.807) is 47.8 Å². The van der Waals surface area contributed by atoms with Crippen molar-refractivity contribution in [2.45, 2.75) is 86.1 Å². The summed E-state index contributed by atoms with van der Waals surface area (Å²) in [6.45, 7) is 15.2. The first-order chi connectivity index (χ1) is 20.7. The molecular formula is C30H50O8S3Si2. The Balaban J connectivity index is 1.91. The van der Waals surface area contributed by atoms with Gasteiger partial charge in [-0.3, -0.25) is 0 Å². The van der Waals surface area contributed by atoms with Crippen LogP contribution in [0.25, 0.3) is 0 Å². The lowest BCUT2D eigenvalue weighted by Crippen LogP contribution is -2.46. The molecule has 0 aliphatic carbocycles. The second-order valence-electron chi connectivity index (χ2n) is 9.31. The van der Waals surface area contributed by atoms with Gasteiger partial charge in [-0.2, -0.15) is 0 Å². The monoisotopic (exact) mass is 690 g/mol. The molecule has 8 nitrogen and oxygen atoms in total. The van der Waals surface area contributed by atoms with E-state index in [1.807, 2.05) is 65.8 Å². The van der Waals surface area contributed by atoms with E-state index in [9.17, 15) is 8.42 Å². The Morgan fingerprint density at radius 2 is 0.791 bits per heavy atom. The van der Waals surface area contributed by atoms with Crippen LogP contribution in [0.4, 0.5) is 0 Å². The molecule has 244 valence electrons. The second-order valence-corrected chi connectivity index (χ2v) is 19.1. The van der Waals surface area contributed by atoms with Gasteiger partial charge in [0.1, 0.15) is 0 Å². The maximum absolute atomic E-state index is 13.3. The van der Waals surface area contributed by atoms with E-state index in [0.717, 1.165) is 46.2 Å². The lowest BCUT2D eigenvalue weighted by atomic mass is 10.4. The molecule has 0 atom stereocenters. The lowest BCUT2D eigenvalue weighted by molar-refractivity contribution is 0.0704. The van der Waals surface area contributed by atoms with Crippen LogP contribution in [0.2, 0.25) is 12.1 Å². The van der Waals surface area contributed by atoms with Gasteiger partial charge in [-0.25, -0.2) is 8.42 Å². The van der Waals surface area contributed by atoms with Gasteiger partial charge in [0.25, 0.3) is 0 Å². The molecular weight excluding hydrogens is 641 g/mol. The molecule has 2 aromatic rings. The predicted molar refractivity (Wildman–Crippen MR) is 180 cm³/mol. The molecule has 0 saturated carbocycles. The Morgan fingerprint density at radius 3 is 1.05 bits per heavy atom. The molecule has 0 aromatic heterocycles. The summed E-state index contributed by atoms with van der Waals surface area (Å²) >= 11 is 3.38. The molecule has 2 rings (SSSR count). The number of hydrogen-bond acceptors (Lipinski definition) is 10. The molecule has 0 unspecified atom stereocenters. The van der Waals surface area contributed by atoms with Gasteiger partial charge >= 0.3 is 17.6 Å². The standard InChI is InChI=1S/C30H50O8S3Si2/c1-7-33-42(34-8-2,35-9-3)25-13-23-39-27-15-19-29(20-16-27)41(31,32)30-21-17-28(18-22-30)40-24-14-26-43(36-10-4,37-11-5)38-12-6/h15-22H,7-14,23-26H2,1-6H3. The molecule has 13 heteroatoms. The van der Waals surface area contributed by atoms with Crippen molar-refractivity contribution in [2.24, 2.45) is 0 Å². The summed E-state index contributed by atoms with van der Waals surface area (Å²) in [5.41, 5.74) is 0. The van der Waals surface area contributed by atoms with Crippen molar-refractivity contribution in [1.29, 1.82) is 0 Å². The van der Waals surface area contributed by atoms with E-state index in [-0.39, 0.29) is 9.79 Å². The van der Waals surface area contributed by atoms with Crippen molar-refractivity contribution in [3.63, 3.8) is 0 Å². The highest BCUT2D eigenvalue weighted by atomic mass is 32.2. The quantitative estimate of drug-likeness (QED) is 0.0624. The average Bonchev–Trinajstić information content (AvgIpc) is 2.99. The first-order valence-electron chi connectivity index (χ1n) is 15.3. The largest absolute Gasteiger partial charge is 0.500 e. The van der Waals surface area contributed by atoms with Gasteiger partial charge < -0.3 is 26.6 Å². The third-order valence-electron chi connectivity index (χ3n) is 6.25. The van der Waals surface area contributed by atoms with Crippen molar-refractivity contribution < 1.29 is 35.0 Å². The molecule has 0 spiro atoms. The number of sulfone groups is 1. The van der Waals surface area contributed by atoms with E-state index in [4.69, 9.17) is 26.6 Å². The topological polar surface area (TPSA) is 89.5 Å². The zero-order valence-corrected chi connectivity index (χ0v) is 31.0. The molecule has 0 heterocycles. The van der Waals surface area contributed by atoms with E-state index < -0.39 is 27.4 Å². The predicted octanol–water partition coefficient (Wildman–Crippen LogP) is 7.58. The Kier molecular flexibility index (Phi) is 18.3. The fraction of sp³-hybridized carbons (Fsp3) is 0.600. The summed E-state index contributed by atoms with van der Waals surface area (Å²) in [6.07, 6.45) is 1.77. The van der Waals surface area contributed by atoms with Crippen LogP contribution >= 0.6 is 23.5 Å². The fourth-order valence-corrected chi connectivity index (χ4v) is 13.2. The SMILES string of the molecule is CCO[Si](CCCSc1ccc(S(=O)(=O)c2ccc(SCCC[Si](OCC)(OCC)OCC)cc2)cc1)(OCC)OCC. The zero-order chi connectivity index (χ0) is 31.6. The minimum absolute atomic E-state index is 0.289. The lowest BCUT2D eigenvalue weighted by Gasteiger charge is -2.28. The van der Waals surface area contributed by atoms with E-state index >= 15 is 0 Å². The van der Waals surface area contributed by atoms with E-state index in [2.05, 4.69) is 0 Å². The molecule has 0 fully saturated rings. The minimum Gasteiger partial charge on any atom is -0.374 e. The molecule has 0 bridgehead atoms. The van der Waals surface area contributed by atoms with Crippen LogP contribution in [0.5, 0.6) is 0 Å².